The summed E-state index contributed by atoms with van der Waals surface area (Å²) in [6, 6.07) is 6.70. The summed E-state index contributed by atoms with van der Waals surface area (Å²) in [5.41, 5.74) is 1.07. The monoisotopic (exact) mass is 237 g/mol. The van der Waals surface area contributed by atoms with Gasteiger partial charge in [0.05, 0.1) is 6.42 Å². The van der Waals surface area contributed by atoms with Crippen molar-refractivity contribution in [2.75, 3.05) is 13.1 Å². The van der Waals surface area contributed by atoms with E-state index in [0.29, 0.717) is 0 Å². The average molecular weight is 237 g/mol. The van der Waals surface area contributed by atoms with Crippen LogP contribution < -0.4 is 0 Å². The van der Waals surface area contributed by atoms with Gasteiger partial charge in [0.25, 0.3) is 0 Å². The number of carboxylic acids is 1. The van der Waals surface area contributed by atoms with Crippen molar-refractivity contribution in [1.82, 2.24) is 4.90 Å². The fourth-order valence-electron chi connectivity index (χ4n) is 2.25. The molecule has 0 bridgehead atoms. The van der Waals surface area contributed by atoms with Gasteiger partial charge in [-0.2, -0.15) is 0 Å². The first kappa shape index (κ1) is 12.0. The summed E-state index contributed by atoms with van der Waals surface area (Å²) in [5.74, 6) is -0.701. The van der Waals surface area contributed by atoms with Crippen molar-refractivity contribution >= 4 is 5.97 Å². The molecule has 1 aromatic carbocycles. The largest absolute Gasteiger partial charge is 0.481 e. The van der Waals surface area contributed by atoms with Crippen molar-refractivity contribution < 1.29 is 14.3 Å². The molecule has 4 heteroatoms. The van der Waals surface area contributed by atoms with Crippen LogP contribution in [0.1, 0.15) is 24.9 Å². The molecule has 0 radical (unpaired) electrons. The highest BCUT2D eigenvalue weighted by atomic mass is 19.1. The highest BCUT2D eigenvalue weighted by molar-refractivity contribution is 5.67. The molecule has 1 aliphatic rings. The van der Waals surface area contributed by atoms with E-state index in [1.165, 1.54) is 12.1 Å². The number of aliphatic carboxylic acids is 1. The lowest BCUT2D eigenvalue weighted by atomic mass is 9.92. The lowest BCUT2D eigenvalue weighted by molar-refractivity contribution is -0.139. The number of carboxylic acid groups (broad SMARTS) is 1. The lowest BCUT2D eigenvalue weighted by Crippen LogP contribution is -2.48. The van der Waals surface area contributed by atoms with E-state index in [9.17, 15) is 9.18 Å². The first-order valence-corrected chi connectivity index (χ1v) is 5.77. The molecular weight excluding hydrogens is 221 g/mol. The van der Waals surface area contributed by atoms with Gasteiger partial charge in [-0.05, 0) is 30.5 Å². The van der Waals surface area contributed by atoms with Gasteiger partial charge in [-0.25, -0.2) is 4.39 Å². The predicted octanol–water partition coefficient (Wildman–Crippen LogP) is 2.29. The van der Waals surface area contributed by atoms with Gasteiger partial charge in [0, 0.05) is 19.1 Å². The molecule has 0 aliphatic carbocycles. The van der Waals surface area contributed by atoms with Crippen LogP contribution in [0.2, 0.25) is 0 Å². The van der Waals surface area contributed by atoms with E-state index >= 15 is 0 Å². The van der Waals surface area contributed by atoms with Crippen LogP contribution in [0.25, 0.3) is 0 Å². The van der Waals surface area contributed by atoms with Crippen LogP contribution in [-0.2, 0) is 4.79 Å². The van der Waals surface area contributed by atoms with Crippen LogP contribution in [0, 0.1) is 11.7 Å². The molecule has 1 saturated heterocycles. The minimum atomic E-state index is -0.732. The summed E-state index contributed by atoms with van der Waals surface area (Å²) in [6.45, 7) is 3.68. The van der Waals surface area contributed by atoms with Crippen molar-refractivity contribution in [1.29, 1.82) is 0 Å². The van der Waals surface area contributed by atoms with Crippen LogP contribution >= 0.6 is 0 Å². The van der Waals surface area contributed by atoms with Crippen molar-refractivity contribution in [3.05, 3.63) is 35.6 Å². The fourth-order valence-corrected chi connectivity index (χ4v) is 2.25. The number of nitrogens with zero attached hydrogens (tertiary/aromatic N) is 1. The molecule has 1 aromatic rings. The van der Waals surface area contributed by atoms with Gasteiger partial charge < -0.3 is 5.11 Å². The van der Waals surface area contributed by atoms with Crippen LogP contribution in [-0.4, -0.2) is 29.1 Å². The van der Waals surface area contributed by atoms with E-state index in [4.69, 9.17) is 5.11 Å². The molecule has 1 heterocycles. The standard InChI is InChI=1S/C13H16FNO2/c1-9(11-2-4-12(14)5-3-11)15-7-10(8-15)6-13(16)17/h2-5,9-10H,6-8H2,1H3,(H,16,17). The van der Waals surface area contributed by atoms with E-state index in [0.717, 1.165) is 18.7 Å². The Bertz CT molecular complexity index is 398. The zero-order valence-electron chi connectivity index (χ0n) is 9.77. The first-order chi connectivity index (χ1) is 8.06. The Morgan fingerprint density at radius 3 is 2.59 bits per heavy atom. The van der Waals surface area contributed by atoms with Crippen LogP contribution in [0.15, 0.2) is 24.3 Å². The SMILES string of the molecule is CC(c1ccc(F)cc1)N1CC(CC(=O)O)C1. The maximum absolute atomic E-state index is 12.8. The number of hydrogen-bond acceptors (Lipinski definition) is 2. The average Bonchev–Trinajstić information content (AvgIpc) is 2.23. The summed E-state index contributed by atoms with van der Waals surface area (Å²) in [7, 11) is 0. The van der Waals surface area contributed by atoms with E-state index in [2.05, 4.69) is 11.8 Å². The van der Waals surface area contributed by atoms with E-state index in [-0.39, 0.29) is 24.2 Å². The normalized spacial score (nSPS) is 18.7. The topological polar surface area (TPSA) is 40.5 Å². The number of hydrogen-bond donors (Lipinski definition) is 1. The Morgan fingerprint density at radius 1 is 1.47 bits per heavy atom. The quantitative estimate of drug-likeness (QED) is 0.873. The second-order valence-electron chi connectivity index (χ2n) is 4.65. The maximum atomic E-state index is 12.8. The molecule has 92 valence electrons. The lowest BCUT2D eigenvalue weighted by Gasteiger charge is -2.42. The smallest absolute Gasteiger partial charge is 0.303 e. The van der Waals surface area contributed by atoms with Gasteiger partial charge in [-0.1, -0.05) is 12.1 Å². The second-order valence-corrected chi connectivity index (χ2v) is 4.65. The molecule has 1 unspecified atom stereocenters. The van der Waals surface area contributed by atoms with E-state index < -0.39 is 5.97 Å². The van der Waals surface area contributed by atoms with Gasteiger partial charge in [0.2, 0.25) is 0 Å². The predicted molar refractivity (Wildman–Crippen MR) is 62.1 cm³/mol. The first-order valence-electron chi connectivity index (χ1n) is 5.77. The van der Waals surface area contributed by atoms with Gasteiger partial charge >= 0.3 is 5.97 Å². The molecule has 0 saturated carbocycles. The van der Waals surface area contributed by atoms with Crippen molar-refractivity contribution in [3.63, 3.8) is 0 Å². The molecule has 1 atom stereocenters. The molecule has 1 N–H and O–H groups in total. The van der Waals surface area contributed by atoms with E-state index in [1.54, 1.807) is 12.1 Å². The Hall–Kier alpha value is -1.42. The minimum absolute atomic E-state index is 0.223. The summed E-state index contributed by atoms with van der Waals surface area (Å²) in [6.07, 6.45) is 0.243. The van der Waals surface area contributed by atoms with E-state index in [1.807, 2.05) is 0 Å². The zero-order valence-corrected chi connectivity index (χ0v) is 9.77. The Labute approximate surface area is 99.9 Å². The summed E-state index contributed by atoms with van der Waals surface area (Å²) >= 11 is 0. The summed E-state index contributed by atoms with van der Waals surface area (Å²) in [4.78, 5) is 12.7. The molecule has 17 heavy (non-hydrogen) atoms. The molecule has 1 fully saturated rings. The molecule has 3 nitrogen and oxygen atoms in total. The third-order valence-electron chi connectivity index (χ3n) is 3.35. The third-order valence-corrected chi connectivity index (χ3v) is 3.35. The molecule has 2 rings (SSSR count). The number of halogens is 1. The van der Waals surface area contributed by atoms with Gasteiger partial charge in [0.15, 0.2) is 0 Å². The minimum Gasteiger partial charge on any atom is -0.481 e. The van der Waals surface area contributed by atoms with Crippen molar-refractivity contribution in [3.8, 4) is 0 Å². The van der Waals surface area contributed by atoms with Crippen molar-refractivity contribution in [2.45, 2.75) is 19.4 Å². The zero-order chi connectivity index (χ0) is 12.4. The Morgan fingerprint density at radius 2 is 2.06 bits per heavy atom. The molecule has 0 amide bonds. The summed E-state index contributed by atoms with van der Waals surface area (Å²) in [5, 5.41) is 8.66. The molecule has 0 aromatic heterocycles. The third kappa shape index (κ3) is 2.82. The number of likely N-dealkylation sites (tertiary alicyclic amines) is 1. The number of rotatable bonds is 4. The van der Waals surface area contributed by atoms with Gasteiger partial charge in [0.1, 0.15) is 5.82 Å². The van der Waals surface area contributed by atoms with Gasteiger partial charge in [-0.3, -0.25) is 9.69 Å². The highest BCUT2D eigenvalue weighted by Crippen LogP contribution is 2.29. The molecular formula is C13H16FNO2. The Balaban J connectivity index is 1.88. The molecule has 1 aliphatic heterocycles. The van der Waals surface area contributed by atoms with Crippen LogP contribution in [0.4, 0.5) is 4.39 Å². The summed E-state index contributed by atoms with van der Waals surface area (Å²) < 4.78 is 12.8. The molecule has 0 spiro atoms. The van der Waals surface area contributed by atoms with Gasteiger partial charge in [-0.15, -0.1) is 0 Å². The second kappa shape index (κ2) is 4.84. The Kier molecular flexibility index (Phi) is 3.43. The number of benzene rings is 1. The maximum Gasteiger partial charge on any atom is 0.303 e. The van der Waals surface area contributed by atoms with Crippen LogP contribution in [0.5, 0.6) is 0 Å². The van der Waals surface area contributed by atoms with Crippen molar-refractivity contribution in [2.24, 2.45) is 5.92 Å². The number of carbonyl (C=O) groups is 1. The fraction of sp³-hybridized carbons (Fsp3) is 0.462. The highest BCUT2D eigenvalue weighted by Gasteiger charge is 2.32. The van der Waals surface area contributed by atoms with Crippen LogP contribution in [0.3, 0.4) is 0 Å².